The maximum atomic E-state index is 13.8. The van der Waals surface area contributed by atoms with Crippen molar-refractivity contribution in [2.75, 3.05) is 6.54 Å². The highest BCUT2D eigenvalue weighted by molar-refractivity contribution is 7.89. The van der Waals surface area contributed by atoms with Gasteiger partial charge in [0, 0.05) is 13.1 Å². The summed E-state index contributed by atoms with van der Waals surface area (Å²) in [4.78, 5) is 13.1. The standard InChI is InChI=1S/C27H32N2O3S/c1-19-9-11-24(12-10-19)17-29(18-26(30)28-16-25-8-6-7-20(2)15-25)33(31,32)27-22(4)13-21(3)14-23(27)5/h6-15H,16-18H2,1-5H3,(H,28,30). The molecule has 5 nitrogen and oxygen atoms in total. The second-order valence-corrected chi connectivity index (χ2v) is 10.6. The Hall–Kier alpha value is -2.96. The first-order valence-electron chi connectivity index (χ1n) is 11.0. The molecule has 0 unspecified atom stereocenters. The predicted octanol–water partition coefficient (Wildman–Crippen LogP) is 4.74. The molecule has 0 saturated carbocycles. The van der Waals surface area contributed by atoms with E-state index in [1.807, 2.05) is 81.4 Å². The molecule has 0 saturated heterocycles. The molecule has 0 aliphatic rings. The number of carbonyl (C=O) groups is 1. The number of sulfonamides is 1. The van der Waals surface area contributed by atoms with Crippen molar-refractivity contribution in [1.29, 1.82) is 0 Å². The highest BCUT2D eigenvalue weighted by atomic mass is 32.2. The normalized spacial score (nSPS) is 11.6. The van der Waals surface area contributed by atoms with Crippen LogP contribution in [-0.4, -0.2) is 25.2 Å². The number of amides is 1. The summed E-state index contributed by atoms with van der Waals surface area (Å²) < 4.78 is 28.8. The molecule has 0 aromatic heterocycles. The Labute approximate surface area is 197 Å². The highest BCUT2D eigenvalue weighted by Gasteiger charge is 2.30. The summed E-state index contributed by atoms with van der Waals surface area (Å²) in [7, 11) is -3.90. The van der Waals surface area contributed by atoms with Crippen LogP contribution in [0.2, 0.25) is 0 Å². The Morgan fingerprint density at radius 2 is 1.42 bits per heavy atom. The van der Waals surface area contributed by atoms with E-state index < -0.39 is 10.0 Å². The minimum absolute atomic E-state index is 0.118. The number of aryl methyl sites for hydroxylation is 5. The molecule has 1 N–H and O–H groups in total. The van der Waals surface area contributed by atoms with E-state index in [2.05, 4.69) is 5.32 Å². The summed E-state index contributed by atoms with van der Waals surface area (Å²) in [6.07, 6.45) is 0. The fraction of sp³-hybridized carbons (Fsp3) is 0.296. The Bertz CT molecular complexity index is 1230. The Morgan fingerprint density at radius 3 is 2.03 bits per heavy atom. The number of nitrogens with zero attached hydrogens (tertiary/aromatic N) is 1. The van der Waals surface area contributed by atoms with E-state index in [-0.39, 0.29) is 23.9 Å². The zero-order valence-corrected chi connectivity index (χ0v) is 20.8. The SMILES string of the molecule is Cc1ccc(CN(CC(=O)NCc2cccc(C)c2)S(=O)(=O)c2c(C)cc(C)cc2C)cc1. The van der Waals surface area contributed by atoms with Crippen molar-refractivity contribution >= 4 is 15.9 Å². The van der Waals surface area contributed by atoms with Gasteiger partial charge in [0.15, 0.2) is 0 Å². The van der Waals surface area contributed by atoms with Crippen LogP contribution in [0.3, 0.4) is 0 Å². The monoisotopic (exact) mass is 464 g/mol. The van der Waals surface area contributed by atoms with Gasteiger partial charge in [-0.15, -0.1) is 0 Å². The van der Waals surface area contributed by atoms with Gasteiger partial charge in [-0.25, -0.2) is 8.42 Å². The fourth-order valence-electron chi connectivity index (χ4n) is 4.06. The van der Waals surface area contributed by atoms with Crippen molar-refractivity contribution in [2.45, 2.75) is 52.6 Å². The minimum atomic E-state index is -3.90. The fourth-order valence-corrected chi connectivity index (χ4v) is 5.86. The summed E-state index contributed by atoms with van der Waals surface area (Å²) in [6.45, 7) is 9.73. The first-order chi connectivity index (χ1) is 15.6. The van der Waals surface area contributed by atoms with Crippen LogP contribution in [0.25, 0.3) is 0 Å². The molecule has 3 aromatic rings. The first kappa shape index (κ1) is 24.7. The Kier molecular flexibility index (Phi) is 7.72. The van der Waals surface area contributed by atoms with E-state index in [0.29, 0.717) is 17.7 Å². The molecule has 0 fully saturated rings. The third-order valence-corrected chi connectivity index (χ3v) is 7.67. The van der Waals surface area contributed by atoms with Crippen LogP contribution in [0.1, 0.15) is 38.9 Å². The minimum Gasteiger partial charge on any atom is -0.351 e. The van der Waals surface area contributed by atoms with Gasteiger partial charge in [0.25, 0.3) is 0 Å². The lowest BCUT2D eigenvalue weighted by Crippen LogP contribution is -2.40. The van der Waals surface area contributed by atoms with Crippen molar-refractivity contribution < 1.29 is 13.2 Å². The number of carbonyl (C=O) groups excluding carboxylic acids is 1. The van der Waals surface area contributed by atoms with Gasteiger partial charge in [-0.1, -0.05) is 77.4 Å². The van der Waals surface area contributed by atoms with E-state index in [1.54, 1.807) is 13.8 Å². The topological polar surface area (TPSA) is 66.5 Å². The smallest absolute Gasteiger partial charge is 0.244 e. The largest absolute Gasteiger partial charge is 0.351 e. The van der Waals surface area contributed by atoms with Gasteiger partial charge in [0.2, 0.25) is 15.9 Å². The molecule has 3 aromatic carbocycles. The van der Waals surface area contributed by atoms with Crippen molar-refractivity contribution in [3.63, 3.8) is 0 Å². The molecule has 0 aliphatic carbocycles. The molecule has 0 heterocycles. The van der Waals surface area contributed by atoms with E-state index >= 15 is 0 Å². The number of hydrogen-bond acceptors (Lipinski definition) is 3. The quantitative estimate of drug-likeness (QED) is 0.524. The molecule has 0 aliphatic heterocycles. The van der Waals surface area contributed by atoms with Crippen LogP contribution in [0.4, 0.5) is 0 Å². The average Bonchev–Trinajstić information content (AvgIpc) is 2.72. The maximum Gasteiger partial charge on any atom is 0.244 e. The van der Waals surface area contributed by atoms with Gasteiger partial charge < -0.3 is 5.32 Å². The Balaban J connectivity index is 1.88. The summed E-state index contributed by atoms with van der Waals surface area (Å²) in [6, 6.07) is 19.3. The van der Waals surface area contributed by atoms with Crippen molar-refractivity contribution in [1.82, 2.24) is 9.62 Å². The lowest BCUT2D eigenvalue weighted by molar-refractivity contribution is -0.121. The van der Waals surface area contributed by atoms with Crippen LogP contribution in [0.5, 0.6) is 0 Å². The van der Waals surface area contributed by atoms with Gasteiger partial charge in [-0.3, -0.25) is 4.79 Å². The molecular formula is C27H32N2O3S. The molecule has 174 valence electrons. The van der Waals surface area contributed by atoms with Gasteiger partial charge >= 0.3 is 0 Å². The summed E-state index contributed by atoms with van der Waals surface area (Å²) >= 11 is 0. The van der Waals surface area contributed by atoms with Crippen LogP contribution >= 0.6 is 0 Å². The highest BCUT2D eigenvalue weighted by Crippen LogP contribution is 2.26. The molecule has 0 spiro atoms. The average molecular weight is 465 g/mol. The number of rotatable bonds is 8. The molecule has 6 heteroatoms. The van der Waals surface area contributed by atoms with Crippen LogP contribution < -0.4 is 5.32 Å². The van der Waals surface area contributed by atoms with E-state index in [0.717, 1.165) is 27.8 Å². The zero-order chi connectivity index (χ0) is 24.2. The summed E-state index contributed by atoms with van der Waals surface area (Å²) in [5, 5.41) is 2.87. The van der Waals surface area contributed by atoms with Crippen molar-refractivity contribution in [2.24, 2.45) is 0 Å². The second kappa shape index (κ2) is 10.3. The molecule has 1 amide bonds. The molecule has 0 atom stereocenters. The predicted molar refractivity (Wildman–Crippen MR) is 132 cm³/mol. The zero-order valence-electron chi connectivity index (χ0n) is 20.0. The van der Waals surface area contributed by atoms with Crippen molar-refractivity contribution in [3.8, 4) is 0 Å². The number of nitrogens with one attached hydrogen (secondary N) is 1. The van der Waals surface area contributed by atoms with Gasteiger partial charge in [-0.2, -0.15) is 4.31 Å². The first-order valence-corrected chi connectivity index (χ1v) is 12.5. The number of hydrogen-bond donors (Lipinski definition) is 1. The third kappa shape index (κ3) is 6.30. The van der Waals surface area contributed by atoms with Crippen molar-refractivity contribution in [3.05, 3.63) is 99.6 Å². The van der Waals surface area contributed by atoms with Crippen LogP contribution in [-0.2, 0) is 27.9 Å². The van der Waals surface area contributed by atoms with Gasteiger partial charge in [-0.05, 0) is 56.9 Å². The third-order valence-electron chi connectivity index (χ3n) is 5.57. The molecule has 0 bridgehead atoms. The van der Waals surface area contributed by atoms with E-state index in [4.69, 9.17) is 0 Å². The van der Waals surface area contributed by atoms with E-state index in [9.17, 15) is 13.2 Å². The maximum absolute atomic E-state index is 13.8. The molecule has 33 heavy (non-hydrogen) atoms. The lowest BCUT2D eigenvalue weighted by Gasteiger charge is -2.24. The Morgan fingerprint density at radius 1 is 0.788 bits per heavy atom. The second-order valence-electron chi connectivity index (χ2n) is 8.75. The van der Waals surface area contributed by atoms with E-state index in [1.165, 1.54) is 4.31 Å². The van der Waals surface area contributed by atoms with Crippen LogP contribution in [0, 0.1) is 34.6 Å². The van der Waals surface area contributed by atoms with Crippen LogP contribution in [0.15, 0.2) is 65.6 Å². The summed E-state index contributed by atoms with van der Waals surface area (Å²) in [5.41, 5.74) is 6.37. The molecule has 3 rings (SSSR count). The summed E-state index contributed by atoms with van der Waals surface area (Å²) in [5.74, 6) is -0.338. The molecular weight excluding hydrogens is 432 g/mol. The lowest BCUT2D eigenvalue weighted by atomic mass is 10.1. The van der Waals surface area contributed by atoms with Gasteiger partial charge in [0.05, 0.1) is 11.4 Å². The van der Waals surface area contributed by atoms with Gasteiger partial charge in [0.1, 0.15) is 0 Å². The molecule has 0 radical (unpaired) electrons. The number of benzene rings is 3.